The zero-order valence-electron chi connectivity index (χ0n) is 38.1. The number of nitrogens with two attached hydrogens (primary N) is 2. The molecular formula is C32H25N8Na5O21S7. The first-order valence-electron chi connectivity index (χ1n) is 17.5. The fourth-order valence-corrected chi connectivity index (χ4v) is 9.95. The molecule has 41 heteroatoms. The van der Waals surface area contributed by atoms with Crippen molar-refractivity contribution in [2.75, 3.05) is 36.2 Å². The standard InChI is InChI=1S/C32H30N8O21S7.5Na/c33-30-26(38-35-19-1-5-21(6-2-19)64(43,44)11-9-56-63-61-59-42)17-27(31(34)32(30)40-36-20-3-7-22(8-4-20)65(45,46)12-10-57-68(53,54)55)39-37-25-16-24-18(14-28(25)62-60-58-41)13-23(66(47,48)49)15-29(24)67(50,51)52;;;;;/h1-8,13-17,41-42H,9-12,33-34H2,(H,47,48,49)(H,50,51,52)(H,53,54,55);;;;;/q;5*+1/p-5. The zero-order valence-corrected chi connectivity index (χ0v) is 53.8. The first-order valence-corrected chi connectivity index (χ1v) is 26.3. The maximum atomic E-state index is 12.7. The van der Waals surface area contributed by atoms with E-state index in [-0.39, 0.29) is 244 Å². The second-order valence-electron chi connectivity index (χ2n) is 12.7. The number of fused-ring (bicyclic) bond motifs is 1. The predicted molar refractivity (Wildman–Crippen MR) is 224 cm³/mol. The van der Waals surface area contributed by atoms with E-state index in [1.54, 1.807) is 0 Å². The van der Waals surface area contributed by atoms with Crippen molar-refractivity contribution in [2.45, 2.75) is 24.5 Å². The molecule has 366 valence electrons. The minimum atomic E-state index is -5.48. The van der Waals surface area contributed by atoms with Crippen LogP contribution in [0.2, 0.25) is 0 Å². The molecule has 0 spiro atoms. The Labute approximate surface area is 534 Å². The number of sulfone groups is 2. The largest absolute Gasteiger partial charge is 1.00 e. The van der Waals surface area contributed by atoms with Gasteiger partial charge in [-0.05, 0) is 84.2 Å². The summed E-state index contributed by atoms with van der Waals surface area (Å²) in [7, 11) is -24.0. The molecule has 0 aliphatic heterocycles. The van der Waals surface area contributed by atoms with Gasteiger partial charge in [0.1, 0.15) is 43.0 Å². The van der Waals surface area contributed by atoms with E-state index >= 15 is 0 Å². The fraction of sp³-hybridized carbons (Fsp3) is 0.125. The molecule has 0 radical (unpaired) electrons. The van der Waals surface area contributed by atoms with Gasteiger partial charge >= 0.3 is 148 Å². The van der Waals surface area contributed by atoms with Gasteiger partial charge in [0.15, 0.2) is 32.0 Å². The molecule has 0 aliphatic carbocycles. The van der Waals surface area contributed by atoms with E-state index in [0.29, 0.717) is 6.07 Å². The molecule has 73 heavy (non-hydrogen) atoms. The molecule has 29 nitrogen and oxygen atoms in total. The molecule has 0 amide bonds. The Morgan fingerprint density at radius 3 is 1.48 bits per heavy atom. The average Bonchev–Trinajstić information content (AvgIpc) is 3.26. The SMILES string of the molecule is Nc1c(N=Nc2ccc(S(=O)(=O)CCOSOO[O-])cc2)cc(N=Nc2cc3c(S(=O)(=O)[O-])cc(S(=O)(=O)[O-])cc3cc2SOO[O-])c(N)c1N=Nc1ccc(S(=O)(=O)CCOS(=O)(=O)[O-])cc1.[Na+].[Na+].[Na+].[Na+].[Na+]. The van der Waals surface area contributed by atoms with E-state index in [4.69, 9.17) is 15.7 Å². The van der Waals surface area contributed by atoms with Gasteiger partial charge in [0.05, 0.1) is 84.0 Å². The van der Waals surface area contributed by atoms with Gasteiger partial charge in [-0.2, -0.15) is 14.6 Å². The van der Waals surface area contributed by atoms with Crippen LogP contribution in [0.3, 0.4) is 0 Å². The third-order valence-electron chi connectivity index (χ3n) is 8.33. The number of azo groups is 3. The normalized spacial score (nSPS) is 12.2. The summed E-state index contributed by atoms with van der Waals surface area (Å²) in [5.41, 5.74) is 10.8. The Balaban J connectivity index is 0.0000104. The molecule has 0 saturated heterocycles. The monoisotopic (exact) mass is 1200 g/mol. The quantitative estimate of drug-likeness (QED) is 0.00706. The zero-order chi connectivity index (χ0) is 50.1. The van der Waals surface area contributed by atoms with E-state index in [2.05, 4.69) is 53.6 Å². The molecule has 5 aromatic carbocycles. The first-order chi connectivity index (χ1) is 31.8. The molecule has 0 bridgehead atoms. The molecule has 0 aliphatic rings. The van der Waals surface area contributed by atoms with Gasteiger partial charge in [-0.1, -0.05) is 0 Å². The van der Waals surface area contributed by atoms with E-state index < -0.39 is 83.6 Å². The van der Waals surface area contributed by atoms with Crippen LogP contribution in [0, 0.1) is 0 Å². The fourth-order valence-electron chi connectivity index (χ4n) is 5.27. The van der Waals surface area contributed by atoms with Crippen molar-refractivity contribution < 1.29 is 241 Å². The van der Waals surface area contributed by atoms with Crippen LogP contribution in [-0.4, -0.2) is 80.5 Å². The van der Waals surface area contributed by atoms with Crippen LogP contribution in [0.5, 0.6) is 0 Å². The summed E-state index contributed by atoms with van der Waals surface area (Å²) in [6, 6.07) is 13.5. The van der Waals surface area contributed by atoms with Crippen molar-refractivity contribution >= 4 is 131 Å². The van der Waals surface area contributed by atoms with Crippen LogP contribution < -0.4 is 170 Å². The smallest absolute Gasteiger partial charge is 0.744 e. The van der Waals surface area contributed by atoms with Crippen LogP contribution in [0.1, 0.15) is 0 Å². The van der Waals surface area contributed by atoms with Gasteiger partial charge < -0.3 is 35.6 Å². The van der Waals surface area contributed by atoms with Crippen molar-refractivity contribution in [3.63, 3.8) is 0 Å². The van der Waals surface area contributed by atoms with E-state index in [1.807, 2.05) is 0 Å². The topological polar surface area (TPSA) is 468 Å². The molecular weight excluding hydrogens is 1170 g/mol. The molecule has 0 atom stereocenters. The van der Waals surface area contributed by atoms with Crippen molar-refractivity contribution in [2.24, 2.45) is 30.7 Å². The van der Waals surface area contributed by atoms with Gasteiger partial charge in [-0.25, -0.2) is 42.1 Å². The molecule has 5 rings (SSSR count). The van der Waals surface area contributed by atoms with Crippen molar-refractivity contribution in [1.82, 2.24) is 0 Å². The second kappa shape index (κ2) is 32.1. The third kappa shape index (κ3) is 21.7. The van der Waals surface area contributed by atoms with Crippen molar-refractivity contribution in [1.29, 1.82) is 0 Å². The maximum Gasteiger partial charge on any atom is 1.00 e. The molecule has 4 N–H and O–H groups in total. The summed E-state index contributed by atoms with van der Waals surface area (Å²) >= 11 is 0.278. The van der Waals surface area contributed by atoms with Gasteiger partial charge in [0, 0.05) is 5.39 Å². The molecule has 0 unspecified atom stereocenters. The van der Waals surface area contributed by atoms with Gasteiger partial charge in [-0.3, -0.25) is 18.4 Å². The van der Waals surface area contributed by atoms with E-state index in [9.17, 15) is 66.3 Å². The average molecular weight is 1200 g/mol. The molecule has 0 heterocycles. The summed E-state index contributed by atoms with van der Waals surface area (Å²) in [6.07, 6.45) is 0. The van der Waals surface area contributed by atoms with Crippen molar-refractivity contribution in [3.8, 4) is 0 Å². The van der Waals surface area contributed by atoms with Crippen LogP contribution in [0.15, 0.2) is 134 Å². The Morgan fingerprint density at radius 2 is 1.00 bits per heavy atom. The van der Waals surface area contributed by atoms with E-state index in [1.165, 1.54) is 36.4 Å². The van der Waals surface area contributed by atoms with E-state index in [0.717, 1.165) is 36.4 Å². The van der Waals surface area contributed by atoms with Crippen LogP contribution in [-0.2, 0) is 77.4 Å². The number of hydrogen-bond donors (Lipinski definition) is 2. The van der Waals surface area contributed by atoms with Crippen LogP contribution in [0.25, 0.3) is 10.8 Å². The summed E-state index contributed by atoms with van der Waals surface area (Å²) in [4.78, 5) is -2.96. The number of hydrogen-bond acceptors (Lipinski definition) is 31. The number of rotatable bonds is 23. The third-order valence-corrected chi connectivity index (χ3v) is 14.9. The summed E-state index contributed by atoms with van der Waals surface area (Å²) < 4.78 is 172. The number of anilines is 2. The molecule has 5 aromatic rings. The number of nitrogen functional groups attached to an aromatic ring is 2. The summed E-state index contributed by atoms with van der Waals surface area (Å²) in [5, 5.41) is 50.6. The Hall–Kier alpha value is -0.230. The number of nitrogens with zero attached hydrogens (tertiary/aromatic N) is 6. The Morgan fingerprint density at radius 1 is 0.521 bits per heavy atom. The number of benzene rings is 5. The maximum absolute atomic E-state index is 12.7. The molecule has 0 fully saturated rings. The molecule has 0 saturated carbocycles. The van der Waals surface area contributed by atoms with Gasteiger partial charge in [0.2, 0.25) is 10.4 Å². The van der Waals surface area contributed by atoms with Gasteiger partial charge in [0.25, 0.3) is 0 Å². The summed E-state index contributed by atoms with van der Waals surface area (Å²) in [6.45, 7) is -1.34. The molecule has 0 aromatic heterocycles. The van der Waals surface area contributed by atoms with Crippen LogP contribution >= 0.6 is 24.4 Å². The minimum absolute atomic E-state index is 0. The Kier molecular flexibility index (Phi) is 32.0. The minimum Gasteiger partial charge on any atom is -0.744 e. The van der Waals surface area contributed by atoms with Crippen molar-refractivity contribution in [3.05, 3.63) is 78.9 Å². The first kappa shape index (κ1) is 72.8. The summed E-state index contributed by atoms with van der Waals surface area (Å²) in [5.74, 6) is -1.40. The van der Waals surface area contributed by atoms with Crippen LogP contribution in [0.4, 0.5) is 45.5 Å². The predicted octanol–water partition coefficient (Wildman–Crippen LogP) is -11.9. The second-order valence-corrected chi connectivity index (χ2v) is 21.9. The van der Waals surface area contributed by atoms with Gasteiger partial charge in [-0.15, -0.1) is 24.8 Å². The Bertz CT molecular complexity index is 3370.